The predicted molar refractivity (Wildman–Crippen MR) is 122 cm³/mol. The Hall–Kier alpha value is -4.32. The van der Waals surface area contributed by atoms with Gasteiger partial charge < -0.3 is 15.2 Å². The van der Waals surface area contributed by atoms with Crippen molar-refractivity contribution < 1.29 is 4.79 Å². The lowest BCUT2D eigenvalue weighted by Gasteiger charge is -2.36. The molecule has 0 unspecified atom stereocenters. The maximum atomic E-state index is 12.4. The zero-order valence-corrected chi connectivity index (χ0v) is 18.1. The number of nitriles is 1. The van der Waals surface area contributed by atoms with Crippen LogP contribution in [0.1, 0.15) is 46.2 Å². The Labute approximate surface area is 190 Å². The Morgan fingerprint density at radius 2 is 1.97 bits per heavy atom. The van der Waals surface area contributed by atoms with Crippen LogP contribution in [-0.2, 0) is 6.54 Å². The summed E-state index contributed by atoms with van der Waals surface area (Å²) in [6.07, 6.45) is 4.93. The van der Waals surface area contributed by atoms with E-state index in [0.29, 0.717) is 29.1 Å². The summed E-state index contributed by atoms with van der Waals surface area (Å²) in [5.74, 6) is 0.520. The zero-order chi connectivity index (χ0) is 22.8. The minimum atomic E-state index is -0.144. The molecule has 1 aliphatic carbocycles. The van der Waals surface area contributed by atoms with Crippen LogP contribution in [0.15, 0.2) is 55.1 Å². The Morgan fingerprint density at radius 1 is 1.15 bits per heavy atom. The maximum Gasteiger partial charge on any atom is 0.270 e. The lowest BCUT2D eigenvalue weighted by atomic mass is 9.86. The molecule has 0 atom stereocenters. The molecule has 0 bridgehead atoms. The highest BCUT2D eigenvalue weighted by Gasteiger charge is 2.33. The van der Waals surface area contributed by atoms with Crippen LogP contribution in [-0.4, -0.2) is 36.5 Å². The fourth-order valence-electron chi connectivity index (χ4n) is 3.99. The van der Waals surface area contributed by atoms with E-state index >= 15 is 0 Å². The molecule has 164 valence electrons. The molecular formula is C24H22N8O. The number of carbonyl (C=O) groups excluding carboxylic acids is 1. The van der Waals surface area contributed by atoms with Crippen molar-refractivity contribution in [1.82, 2.24) is 29.8 Å². The summed E-state index contributed by atoms with van der Waals surface area (Å²) in [5, 5.41) is 15.3. The number of carbonyl (C=O) groups is 1. The maximum absolute atomic E-state index is 12.4. The molecule has 5 rings (SSSR count). The Morgan fingerprint density at radius 3 is 2.73 bits per heavy atom. The molecule has 1 aromatic carbocycles. The fraction of sp³-hybridized carbons (Fsp3) is 0.250. The van der Waals surface area contributed by atoms with Crippen molar-refractivity contribution in [3.63, 3.8) is 0 Å². The van der Waals surface area contributed by atoms with E-state index in [2.05, 4.69) is 41.2 Å². The zero-order valence-electron chi connectivity index (χ0n) is 18.1. The molecule has 4 aromatic rings. The molecule has 0 spiro atoms. The number of pyridine rings is 1. The van der Waals surface area contributed by atoms with Gasteiger partial charge in [0, 0.05) is 24.3 Å². The van der Waals surface area contributed by atoms with Gasteiger partial charge in [0.05, 0.1) is 18.0 Å². The summed E-state index contributed by atoms with van der Waals surface area (Å²) in [6.45, 7) is 2.44. The minimum Gasteiger partial charge on any atom is -0.364 e. The summed E-state index contributed by atoms with van der Waals surface area (Å²) in [6, 6.07) is 15.3. The SMILES string of the molecule is Cc1cccc(C(=O)NC2CC(n3cnc4c(NCc5ccc(C#N)cc5)ncnc43)C2)n1. The average Bonchev–Trinajstić information content (AvgIpc) is 3.24. The second-order valence-electron chi connectivity index (χ2n) is 8.17. The molecule has 3 aromatic heterocycles. The number of anilines is 1. The van der Waals surface area contributed by atoms with E-state index < -0.39 is 0 Å². The highest BCUT2D eigenvalue weighted by molar-refractivity contribution is 5.92. The van der Waals surface area contributed by atoms with Gasteiger partial charge in [0.15, 0.2) is 11.5 Å². The van der Waals surface area contributed by atoms with E-state index in [4.69, 9.17) is 5.26 Å². The number of hydrogen-bond acceptors (Lipinski definition) is 7. The van der Waals surface area contributed by atoms with Gasteiger partial charge in [-0.3, -0.25) is 4.79 Å². The molecule has 33 heavy (non-hydrogen) atoms. The lowest BCUT2D eigenvalue weighted by molar-refractivity contribution is 0.0889. The minimum absolute atomic E-state index is 0.0954. The number of aromatic nitrogens is 5. The Kier molecular flexibility index (Phi) is 5.40. The molecule has 1 saturated carbocycles. The van der Waals surface area contributed by atoms with E-state index in [1.807, 2.05) is 31.2 Å². The monoisotopic (exact) mass is 438 g/mol. The molecule has 0 aliphatic heterocycles. The number of rotatable bonds is 6. The molecule has 0 radical (unpaired) electrons. The second kappa shape index (κ2) is 8.67. The third-order valence-electron chi connectivity index (χ3n) is 5.86. The Balaban J connectivity index is 1.23. The summed E-state index contributed by atoms with van der Waals surface area (Å²) in [7, 11) is 0. The quantitative estimate of drug-likeness (QED) is 0.474. The number of imidazole rings is 1. The Bertz CT molecular complexity index is 1350. The normalized spacial score (nSPS) is 17.2. The molecule has 9 nitrogen and oxygen atoms in total. The third kappa shape index (κ3) is 4.23. The van der Waals surface area contributed by atoms with Gasteiger partial charge in [-0.15, -0.1) is 0 Å². The third-order valence-corrected chi connectivity index (χ3v) is 5.86. The number of aryl methyl sites for hydroxylation is 1. The van der Waals surface area contributed by atoms with Gasteiger partial charge in [-0.1, -0.05) is 18.2 Å². The summed E-state index contributed by atoms with van der Waals surface area (Å²) >= 11 is 0. The van der Waals surface area contributed by atoms with E-state index in [1.165, 1.54) is 6.33 Å². The molecule has 3 heterocycles. The van der Waals surface area contributed by atoms with Crippen LogP contribution in [0.5, 0.6) is 0 Å². The summed E-state index contributed by atoms with van der Waals surface area (Å²) in [4.78, 5) is 30.1. The molecule has 0 saturated heterocycles. The van der Waals surface area contributed by atoms with Crippen molar-refractivity contribution in [1.29, 1.82) is 5.26 Å². The van der Waals surface area contributed by atoms with Gasteiger partial charge in [0.25, 0.3) is 5.91 Å². The average molecular weight is 438 g/mol. The summed E-state index contributed by atoms with van der Waals surface area (Å²) in [5.41, 5.74) is 4.41. The van der Waals surface area contributed by atoms with Gasteiger partial charge in [-0.05, 0) is 49.6 Å². The molecule has 1 amide bonds. The molecule has 1 aliphatic rings. The predicted octanol–water partition coefficient (Wildman–Crippen LogP) is 3.15. The first-order chi connectivity index (χ1) is 16.1. The van der Waals surface area contributed by atoms with E-state index in [-0.39, 0.29) is 18.0 Å². The van der Waals surface area contributed by atoms with Gasteiger partial charge >= 0.3 is 0 Å². The van der Waals surface area contributed by atoms with Crippen LogP contribution in [0.25, 0.3) is 11.2 Å². The van der Waals surface area contributed by atoms with Crippen LogP contribution in [0.3, 0.4) is 0 Å². The highest BCUT2D eigenvalue weighted by atomic mass is 16.1. The number of fused-ring (bicyclic) bond motifs is 1. The molecule has 9 heteroatoms. The van der Waals surface area contributed by atoms with Gasteiger partial charge in [0.2, 0.25) is 0 Å². The fourth-order valence-corrected chi connectivity index (χ4v) is 3.99. The largest absolute Gasteiger partial charge is 0.364 e. The van der Waals surface area contributed by atoms with Crippen molar-refractivity contribution >= 4 is 22.9 Å². The first-order valence-corrected chi connectivity index (χ1v) is 10.8. The second-order valence-corrected chi connectivity index (χ2v) is 8.17. The van der Waals surface area contributed by atoms with E-state index in [1.54, 1.807) is 24.5 Å². The van der Waals surface area contributed by atoms with Crippen molar-refractivity contribution in [2.45, 2.75) is 38.4 Å². The van der Waals surface area contributed by atoms with Crippen molar-refractivity contribution in [2.75, 3.05) is 5.32 Å². The van der Waals surface area contributed by atoms with Crippen molar-refractivity contribution in [2.24, 2.45) is 0 Å². The lowest BCUT2D eigenvalue weighted by Crippen LogP contribution is -2.45. The summed E-state index contributed by atoms with van der Waals surface area (Å²) < 4.78 is 2.05. The molecule has 2 N–H and O–H groups in total. The first-order valence-electron chi connectivity index (χ1n) is 10.8. The van der Waals surface area contributed by atoms with Crippen LogP contribution >= 0.6 is 0 Å². The number of nitrogens with zero attached hydrogens (tertiary/aromatic N) is 6. The van der Waals surface area contributed by atoms with E-state index in [0.717, 1.165) is 29.7 Å². The topological polar surface area (TPSA) is 121 Å². The first kappa shape index (κ1) is 20.6. The van der Waals surface area contributed by atoms with Crippen LogP contribution < -0.4 is 10.6 Å². The van der Waals surface area contributed by atoms with E-state index in [9.17, 15) is 4.79 Å². The van der Waals surface area contributed by atoms with Crippen LogP contribution in [0.4, 0.5) is 5.82 Å². The van der Waals surface area contributed by atoms with Crippen LogP contribution in [0, 0.1) is 18.3 Å². The highest BCUT2D eigenvalue weighted by Crippen LogP contribution is 2.35. The standard InChI is InChI=1S/C24H22N8O/c1-15-3-2-4-20(30-15)24(33)31-18-9-19(10-18)32-14-29-21-22(27-13-28-23(21)32)26-12-17-7-5-16(11-25)6-8-17/h2-8,13-14,18-19H,9-10,12H2,1H3,(H,31,33)(H,26,27,28). The number of benzene rings is 1. The number of hydrogen-bond donors (Lipinski definition) is 2. The van der Waals surface area contributed by atoms with Crippen molar-refractivity contribution in [3.8, 4) is 6.07 Å². The van der Waals surface area contributed by atoms with Crippen LogP contribution in [0.2, 0.25) is 0 Å². The number of nitrogens with one attached hydrogen (secondary N) is 2. The molecule has 1 fully saturated rings. The van der Waals surface area contributed by atoms with Gasteiger partial charge in [0.1, 0.15) is 17.5 Å². The smallest absolute Gasteiger partial charge is 0.270 e. The van der Waals surface area contributed by atoms with Gasteiger partial charge in [-0.2, -0.15) is 5.26 Å². The number of amides is 1. The van der Waals surface area contributed by atoms with Crippen molar-refractivity contribution in [3.05, 3.63) is 77.6 Å². The molecular weight excluding hydrogens is 416 g/mol. The van der Waals surface area contributed by atoms with Gasteiger partial charge in [-0.25, -0.2) is 19.9 Å².